The van der Waals surface area contributed by atoms with E-state index < -0.39 is 34.1 Å². The maximum absolute atomic E-state index is 14.2. The van der Waals surface area contributed by atoms with Crippen LogP contribution in [0.3, 0.4) is 0 Å². The minimum Gasteiger partial charge on any atom is -0.493 e. The van der Waals surface area contributed by atoms with E-state index in [2.05, 4.69) is 5.32 Å². The molecule has 0 heterocycles. The number of hydrogen-bond donors (Lipinski definition) is 1. The van der Waals surface area contributed by atoms with Gasteiger partial charge in [-0.05, 0) is 63.9 Å². The number of ether oxygens (including phenoxy) is 2. The largest absolute Gasteiger partial charge is 0.493 e. The molecule has 0 bridgehead atoms. The second kappa shape index (κ2) is 13.7. The number of carbonyl (C=O) groups is 2. The average Bonchev–Trinajstić information content (AvgIpc) is 2.95. The van der Waals surface area contributed by atoms with Crippen molar-refractivity contribution in [3.05, 3.63) is 83.9 Å². The van der Waals surface area contributed by atoms with E-state index in [1.165, 1.54) is 37.3 Å². The molecule has 3 aromatic carbocycles. The third-order valence-electron chi connectivity index (χ3n) is 6.62. The van der Waals surface area contributed by atoms with E-state index in [0.29, 0.717) is 17.9 Å². The normalized spacial score (nSPS) is 12.3. The van der Waals surface area contributed by atoms with Crippen LogP contribution in [0.5, 0.6) is 11.5 Å². The number of anilines is 1. The minimum absolute atomic E-state index is 0.0304. The van der Waals surface area contributed by atoms with Gasteiger partial charge in [0.2, 0.25) is 11.8 Å². The van der Waals surface area contributed by atoms with Gasteiger partial charge in [-0.1, -0.05) is 55.0 Å². The number of nitrogens with one attached hydrogen (secondary N) is 1. The highest BCUT2D eigenvalue weighted by molar-refractivity contribution is 7.92. The molecule has 0 radical (unpaired) electrons. The molecule has 0 aliphatic heterocycles. The van der Waals surface area contributed by atoms with Crippen LogP contribution in [-0.4, -0.2) is 57.5 Å². The molecule has 3 rings (SSSR count). The monoisotopic (exact) mass is 595 g/mol. The summed E-state index contributed by atoms with van der Waals surface area (Å²) < 4.78 is 40.0. The van der Waals surface area contributed by atoms with Crippen molar-refractivity contribution in [1.29, 1.82) is 0 Å². The topological polar surface area (TPSA) is 105 Å². The molecule has 1 atom stereocenters. The van der Waals surface area contributed by atoms with E-state index >= 15 is 0 Å². The minimum atomic E-state index is -4.21. The first-order valence-corrected chi connectivity index (χ1v) is 15.2. The summed E-state index contributed by atoms with van der Waals surface area (Å²) in [5.74, 6) is -0.117. The smallest absolute Gasteiger partial charge is 0.264 e. The van der Waals surface area contributed by atoms with Crippen molar-refractivity contribution in [1.82, 2.24) is 10.2 Å². The van der Waals surface area contributed by atoms with Gasteiger partial charge in [0.15, 0.2) is 11.5 Å². The molecule has 0 saturated carbocycles. The average molecular weight is 596 g/mol. The number of methoxy groups -OCH3 is 2. The molecule has 1 N–H and O–H groups in total. The lowest BCUT2D eigenvalue weighted by Gasteiger charge is -2.34. The number of rotatable bonds is 12. The lowest BCUT2D eigenvalue weighted by Crippen LogP contribution is -2.55. The summed E-state index contributed by atoms with van der Waals surface area (Å²) in [5, 5.41) is 2.97. The van der Waals surface area contributed by atoms with Gasteiger partial charge < -0.3 is 19.7 Å². The van der Waals surface area contributed by atoms with Crippen LogP contribution in [0, 0.1) is 6.92 Å². The summed E-state index contributed by atoms with van der Waals surface area (Å²) in [6, 6.07) is 19.6. The number of nitrogens with zero attached hydrogens (tertiary/aromatic N) is 2. The lowest BCUT2D eigenvalue weighted by molar-refractivity contribution is -0.141. The lowest BCUT2D eigenvalue weighted by atomic mass is 10.1. The van der Waals surface area contributed by atoms with Crippen molar-refractivity contribution in [2.45, 2.75) is 64.1 Å². The van der Waals surface area contributed by atoms with Gasteiger partial charge in [-0.25, -0.2) is 8.42 Å². The van der Waals surface area contributed by atoms with Crippen LogP contribution >= 0.6 is 0 Å². The van der Waals surface area contributed by atoms with Crippen molar-refractivity contribution >= 4 is 27.5 Å². The summed E-state index contributed by atoms with van der Waals surface area (Å²) in [7, 11) is -1.28. The van der Waals surface area contributed by atoms with Crippen LogP contribution in [-0.2, 0) is 26.2 Å². The summed E-state index contributed by atoms with van der Waals surface area (Å²) in [6.45, 7) is 8.88. The van der Waals surface area contributed by atoms with E-state index in [0.717, 1.165) is 15.4 Å². The first-order chi connectivity index (χ1) is 19.8. The first-order valence-electron chi connectivity index (χ1n) is 13.8. The Morgan fingerprint density at radius 2 is 1.52 bits per heavy atom. The maximum Gasteiger partial charge on any atom is 0.264 e. The van der Waals surface area contributed by atoms with Crippen molar-refractivity contribution in [2.24, 2.45) is 0 Å². The van der Waals surface area contributed by atoms with E-state index in [1.807, 2.05) is 65.0 Å². The van der Waals surface area contributed by atoms with Gasteiger partial charge in [-0.3, -0.25) is 13.9 Å². The van der Waals surface area contributed by atoms with E-state index in [-0.39, 0.29) is 23.0 Å². The van der Waals surface area contributed by atoms with E-state index in [1.54, 1.807) is 24.3 Å². The van der Waals surface area contributed by atoms with Gasteiger partial charge in [-0.15, -0.1) is 0 Å². The predicted molar refractivity (Wildman–Crippen MR) is 164 cm³/mol. The van der Waals surface area contributed by atoms with Crippen LogP contribution in [0.2, 0.25) is 0 Å². The van der Waals surface area contributed by atoms with Crippen LogP contribution in [0.15, 0.2) is 77.7 Å². The fourth-order valence-corrected chi connectivity index (χ4v) is 5.90. The number of hydrogen-bond acceptors (Lipinski definition) is 6. The van der Waals surface area contributed by atoms with Gasteiger partial charge >= 0.3 is 0 Å². The second-order valence-electron chi connectivity index (χ2n) is 11.0. The summed E-state index contributed by atoms with van der Waals surface area (Å²) in [6.07, 6.45) is 0.335. The molecule has 3 aromatic rings. The molecule has 2 amide bonds. The zero-order chi connectivity index (χ0) is 31.1. The first kappa shape index (κ1) is 32.5. The van der Waals surface area contributed by atoms with Gasteiger partial charge in [0.1, 0.15) is 12.6 Å². The predicted octanol–water partition coefficient (Wildman–Crippen LogP) is 4.93. The Hall–Kier alpha value is -4.05. The van der Waals surface area contributed by atoms with Gasteiger partial charge in [-0.2, -0.15) is 0 Å². The standard InChI is InChI=1S/C32H41N3O6S/c1-8-27(31(37)33-32(3,4)5)34(21-24-12-10-9-11-13-24)30(36)22-35(25-16-19-28(40-6)29(20-25)41-7)42(38,39)26-17-14-23(2)15-18-26/h9-20,27H,8,21-22H2,1-7H3,(H,33,37)/t27-/m1/s1. The van der Waals surface area contributed by atoms with Crippen molar-refractivity contribution in [3.63, 3.8) is 0 Å². The van der Waals surface area contributed by atoms with Crippen LogP contribution in [0.4, 0.5) is 5.69 Å². The molecule has 226 valence electrons. The van der Waals surface area contributed by atoms with Crippen molar-refractivity contribution in [3.8, 4) is 11.5 Å². The zero-order valence-corrected chi connectivity index (χ0v) is 26.2. The maximum atomic E-state index is 14.2. The summed E-state index contributed by atoms with van der Waals surface area (Å²) in [5.41, 5.74) is 1.40. The molecule has 0 aromatic heterocycles. The Morgan fingerprint density at radius 1 is 0.905 bits per heavy atom. The molecular weight excluding hydrogens is 554 g/mol. The van der Waals surface area contributed by atoms with Gasteiger partial charge in [0, 0.05) is 18.2 Å². The highest BCUT2D eigenvalue weighted by Gasteiger charge is 2.35. The summed E-state index contributed by atoms with van der Waals surface area (Å²) in [4.78, 5) is 29.1. The Kier molecular flexibility index (Phi) is 10.6. The fraction of sp³-hybridized carbons (Fsp3) is 0.375. The highest BCUT2D eigenvalue weighted by Crippen LogP contribution is 2.34. The van der Waals surface area contributed by atoms with Crippen molar-refractivity contribution in [2.75, 3.05) is 25.1 Å². The quantitative estimate of drug-likeness (QED) is 0.318. The molecule has 0 aliphatic rings. The van der Waals surface area contributed by atoms with Crippen molar-refractivity contribution < 1.29 is 27.5 Å². The third kappa shape index (κ3) is 8.03. The van der Waals surface area contributed by atoms with E-state index in [4.69, 9.17) is 9.47 Å². The molecule has 0 fully saturated rings. The SMILES string of the molecule is CC[C@H](C(=O)NC(C)(C)C)N(Cc1ccccc1)C(=O)CN(c1ccc(OC)c(OC)c1)S(=O)(=O)c1ccc(C)cc1. The highest BCUT2D eigenvalue weighted by atomic mass is 32.2. The molecular formula is C32H41N3O6S. The summed E-state index contributed by atoms with van der Waals surface area (Å²) >= 11 is 0. The molecule has 0 saturated heterocycles. The van der Waals surface area contributed by atoms with Crippen LogP contribution in [0.1, 0.15) is 45.2 Å². The second-order valence-corrected chi connectivity index (χ2v) is 12.9. The Morgan fingerprint density at radius 3 is 2.07 bits per heavy atom. The molecule has 0 spiro atoms. The van der Waals surface area contributed by atoms with Crippen LogP contribution in [0.25, 0.3) is 0 Å². The van der Waals surface area contributed by atoms with Gasteiger partial charge in [0.25, 0.3) is 10.0 Å². The third-order valence-corrected chi connectivity index (χ3v) is 8.41. The number of carbonyl (C=O) groups excluding carboxylic acids is 2. The van der Waals surface area contributed by atoms with Gasteiger partial charge in [0.05, 0.1) is 24.8 Å². The Labute approximate surface area is 249 Å². The molecule has 0 unspecified atom stereocenters. The molecule has 9 nitrogen and oxygen atoms in total. The number of aryl methyl sites for hydroxylation is 1. The number of sulfonamides is 1. The zero-order valence-electron chi connectivity index (χ0n) is 25.4. The number of benzene rings is 3. The molecule has 42 heavy (non-hydrogen) atoms. The van der Waals surface area contributed by atoms with Crippen LogP contribution < -0.4 is 19.1 Å². The number of amides is 2. The Balaban J connectivity index is 2.12. The fourth-order valence-electron chi connectivity index (χ4n) is 4.50. The molecule has 0 aliphatic carbocycles. The van der Waals surface area contributed by atoms with E-state index in [9.17, 15) is 18.0 Å². The molecule has 10 heteroatoms. The Bertz CT molecular complexity index is 1470.